The second-order valence-electron chi connectivity index (χ2n) is 6.06. The quantitative estimate of drug-likeness (QED) is 0.527. The number of primary amides is 1. The second-order valence-corrected chi connectivity index (χ2v) is 6.06. The molecule has 6 atom stereocenters. The first kappa shape index (κ1) is 12.7. The van der Waals surface area contributed by atoms with Gasteiger partial charge in [0.05, 0.1) is 11.8 Å². The molecule has 0 radical (unpaired) electrons. The lowest BCUT2D eigenvalue weighted by Crippen LogP contribution is -2.46. The van der Waals surface area contributed by atoms with E-state index in [0.29, 0.717) is 0 Å². The van der Waals surface area contributed by atoms with Gasteiger partial charge >= 0.3 is 5.97 Å². The van der Waals surface area contributed by atoms with Crippen molar-refractivity contribution in [3.8, 4) is 0 Å². The standard InChI is InChI=1S/C14H20N2O3/c1-6-11-10(14(18)19-6)5-7-4-8(15)2-3-9(7)12(11)13(16)17/h5-6,8-12H,2-4,15H2,1H3,(H2,16,17)/t6-,8?,9-,10-,11-,12+/m1/s1. The molecule has 19 heavy (non-hydrogen) atoms. The number of carbonyl (C=O) groups excluding carboxylic acids is 2. The van der Waals surface area contributed by atoms with Crippen LogP contribution in [-0.4, -0.2) is 24.0 Å². The van der Waals surface area contributed by atoms with Gasteiger partial charge < -0.3 is 16.2 Å². The second kappa shape index (κ2) is 4.34. The Hall–Kier alpha value is -1.36. The number of esters is 1. The third kappa shape index (κ3) is 1.87. The Morgan fingerprint density at radius 2 is 2.16 bits per heavy atom. The molecule has 104 valence electrons. The highest BCUT2D eigenvalue weighted by Gasteiger charge is 2.53. The van der Waals surface area contributed by atoms with Crippen LogP contribution >= 0.6 is 0 Å². The highest BCUT2D eigenvalue weighted by Crippen LogP contribution is 2.49. The molecule has 3 rings (SSSR count). The van der Waals surface area contributed by atoms with E-state index in [1.54, 1.807) is 0 Å². The molecule has 0 aromatic heterocycles. The normalized spacial score (nSPS) is 44.9. The van der Waals surface area contributed by atoms with Crippen LogP contribution in [0.5, 0.6) is 0 Å². The molecule has 1 aliphatic heterocycles. The molecule has 1 saturated carbocycles. The molecule has 0 aromatic carbocycles. The van der Waals surface area contributed by atoms with E-state index in [-0.39, 0.29) is 47.7 Å². The van der Waals surface area contributed by atoms with E-state index in [2.05, 4.69) is 0 Å². The molecule has 0 spiro atoms. The molecule has 1 saturated heterocycles. The average Bonchev–Trinajstić information content (AvgIpc) is 2.61. The van der Waals surface area contributed by atoms with Crippen molar-refractivity contribution in [3.05, 3.63) is 11.6 Å². The van der Waals surface area contributed by atoms with Gasteiger partial charge in [0.2, 0.25) is 5.91 Å². The Bertz CT molecular complexity index is 460. The molecule has 1 amide bonds. The maximum Gasteiger partial charge on any atom is 0.313 e. The minimum atomic E-state index is -0.316. The van der Waals surface area contributed by atoms with E-state index in [1.807, 2.05) is 13.0 Å². The predicted octanol–water partition coefficient (Wildman–Crippen LogP) is 0.333. The van der Waals surface area contributed by atoms with E-state index in [0.717, 1.165) is 24.8 Å². The number of hydrogen-bond donors (Lipinski definition) is 2. The molecule has 4 N–H and O–H groups in total. The Balaban J connectivity index is 2.02. The van der Waals surface area contributed by atoms with Gasteiger partial charge in [0, 0.05) is 12.0 Å². The highest BCUT2D eigenvalue weighted by atomic mass is 16.6. The van der Waals surface area contributed by atoms with Crippen molar-refractivity contribution in [3.63, 3.8) is 0 Å². The third-order valence-corrected chi connectivity index (χ3v) is 4.92. The van der Waals surface area contributed by atoms with Crippen LogP contribution in [0.15, 0.2) is 11.6 Å². The van der Waals surface area contributed by atoms with Crippen LogP contribution in [-0.2, 0) is 14.3 Å². The van der Waals surface area contributed by atoms with Crippen molar-refractivity contribution in [1.29, 1.82) is 0 Å². The van der Waals surface area contributed by atoms with Crippen LogP contribution in [0.4, 0.5) is 0 Å². The fourth-order valence-electron chi connectivity index (χ4n) is 4.11. The summed E-state index contributed by atoms with van der Waals surface area (Å²) in [5, 5.41) is 0. The monoisotopic (exact) mass is 264 g/mol. The number of rotatable bonds is 1. The molecule has 5 heteroatoms. The molecule has 1 unspecified atom stereocenters. The van der Waals surface area contributed by atoms with Gasteiger partial charge in [0.1, 0.15) is 6.10 Å². The first-order valence-electron chi connectivity index (χ1n) is 6.95. The lowest BCUT2D eigenvalue weighted by molar-refractivity contribution is -0.142. The smallest absolute Gasteiger partial charge is 0.313 e. The van der Waals surface area contributed by atoms with E-state index >= 15 is 0 Å². The zero-order chi connectivity index (χ0) is 13.7. The van der Waals surface area contributed by atoms with Crippen LogP contribution in [0.2, 0.25) is 0 Å². The maximum atomic E-state index is 11.9. The van der Waals surface area contributed by atoms with Gasteiger partial charge in [0.15, 0.2) is 0 Å². The SMILES string of the molecule is C[C@H]1OC(=O)[C@@H]2C=C3CC(N)CC[C@H]3[C@H](C(N)=O)[C@H]12. The maximum absolute atomic E-state index is 11.9. The molecule has 5 nitrogen and oxygen atoms in total. The van der Waals surface area contributed by atoms with Gasteiger partial charge in [-0.15, -0.1) is 0 Å². The van der Waals surface area contributed by atoms with Crippen LogP contribution in [0.3, 0.4) is 0 Å². The summed E-state index contributed by atoms with van der Waals surface area (Å²) in [4.78, 5) is 23.8. The van der Waals surface area contributed by atoms with Crippen molar-refractivity contribution in [1.82, 2.24) is 0 Å². The minimum Gasteiger partial charge on any atom is -0.462 e. The third-order valence-electron chi connectivity index (χ3n) is 4.92. The number of amides is 1. The Labute approximate surface area is 112 Å². The molecular formula is C14H20N2O3. The zero-order valence-corrected chi connectivity index (χ0v) is 11.0. The summed E-state index contributed by atoms with van der Waals surface area (Å²) in [6, 6.07) is 0.127. The molecule has 3 aliphatic rings. The lowest BCUT2D eigenvalue weighted by Gasteiger charge is -2.41. The fraction of sp³-hybridized carbons (Fsp3) is 0.714. The molecule has 2 fully saturated rings. The van der Waals surface area contributed by atoms with Crippen molar-refractivity contribution < 1.29 is 14.3 Å². The number of carbonyl (C=O) groups is 2. The van der Waals surface area contributed by atoms with Gasteiger partial charge in [-0.25, -0.2) is 0 Å². The average molecular weight is 264 g/mol. The van der Waals surface area contributed by atoms with Crippen LogP contribution in [0.25, 0.3) is 0 Å². The van der Waals surface area contributed by atoms with Crippen LogP contribution in [0.1, 0.15) is 26.2 Å². The van der Waals surface area contributed by atoms with Gasteiger partial charge in [-0.1, -0.05) is 11.6 Å². The van der Waals surface area contributed by atoms with Gasteiger partial charge in [-0.3, -0.25) is 9.59 Å². The van der Waals surface area contributed by atoms with Crippen LogP contribution < -0.4 is 11.5 Å². The summed E-state index contributed by atoms with van der Waals surface area (Å²) in [5.41, 5.74) is 12.7. The number of ether oxygens (including phenoxy) is 1. The zero-order valence-electron chi connectivity index (χ0n) is 11.0. The largest absolute Gasteiger partial charge is 0.462 e. The minimum absolute atomic E-state index is 0.104. The summed E-state index contributed by atoms with van der Waals surface area (Å²) < 4.78 is 5.30. The lowest BCUT2D eigenvalue weighted by atomic mass is 9.62. The summed E-state index contributed by atoms with van der Waals surface area (Å²) in [6.07, 6.45) is 4.32. The van der Waals surface area contributed by atoms with Gasteiger partial charge in [0.25, 0.3) is 0 Å². The van der Waals surface area contributed by atoms with E-state index in [4.69, 9.17) is 16.2 Å². The predicted molar refractivity (Wildman–Crippen MR) is 68.6 cm³/mol. The number of hydrogen-bond acceptors (Lipinski definition) is 4. The van der Waals surface area contributed by atoms with E-state index < -0.39 is 0 Å². The number of fused-ring (bicyclic) bond motifs is 2. The van der Waals surface area contributed by atoms with Crippen molar-refractivity contribution in [2.45, 2.75) is 38.3 Å². The Kier molecular flexibility index (Phi) is 2.89. The van der Waals surface area contributed by atoms with Gasteiger partial charge in [-0.05, 0) is 32.1 Å². The van der Waals surface area contributed by atoms with E-state index in [9.17, 15) is 9.59 Å². The molecule has 1 heterocycles. The summed E-state index contributed by atoms with van der Waals surface area (Å²) in [7, 11) is 0. The molecule has 0 aromatic rings. The molecule has 0 bridgehead atoms. The Morgan fingerprint density at radius 1 is 1.42 bits per heavy atom. The van der Waals surface area contributed by atoms with Crippen molar-refractivity contribution in [2.75, 3.05) is 0 Å². The molecule has 2 aliphatic carbocycles. The highest BCUT2D eigenvalue weighted by molar-refractivity contribution is 5.83. The van der Waals surface area contributed by atoms with Crippen LogP contribution in [0, 0.1) is 23.7 Å². The van der Waals surface area contributed by atoms with E-state index in [1.165, 1.54) is 0 Å². The topological polar surface area (TPSA) is 95.4 Å². The summed E-state index contributed by atoms with van der Waals surface area (Å²) in [5.74, 6) is -1.10. The van der Waals surface area contributed by atoms with Crippen molar-refractivity contribution in [2.24, 2.45) is 35.1 Å². The Morgan fingerprint density at radius 3 is 2.84 bits per heavy atom. The van der Waals surface area contributed by atoms with Crippen molar-refractivity contribution >= 4 is 11.9 Å². The number of cyclic esters (lactones) is 1. The molecular weight excluding hydrogens is 244 g/mol. The fourth-order valence-corrected chi connectivity index (χ4v) is 4.11. The number of nitrogens with two attached hydrogens (primary N) is 2. The first-order valence-corrected chi connectivity index (χ1v) is 6.95. The summed E-state index contributed by atoms with van der Waals surface area (Å²) in [6.45, 7) is 1.85. The first-order chi connectivity index (χ1) is 8.99. The van der Waals surface area contributed by atoms with Gasteiger partial charge in [-0.2, -0.15) is 0 Å². The summed E-state index contributed by atoms with van der Waals surface area (Å²) >= 11 is 0.